The number of benzene rings is 2. The van der Waals surface area contributed by atoms with Crippen molar-refractivity contribution in [3.8, 4) is 0 Å². The van der Waals surface area contributed by atoms with Gasteiger partial charge in [-0.15, -0.1) is 0 Å². The average Bonchev–Trinajstić information content (AvgIpc) is 2.96. The molecule has 1 aliphatic rings. The van der Waals surface area contributed by atoms with Crippen molar-refractivity contribution in [2.75, 3.05) is 22.8 Å². The lowest BCUT2D eigenvalue weighted by Crippen LogP contribution is -2.23. The third kappa shape index (κ3) is 3.32. The maximum absolute atomic E-state index is 12.5. The normalized spacial score (nSPS) is 14.6. The van der Waals surface area contributed by atoms with E-state index in [0.717, 1.165) is 5.56 Å². The van der Waals surface area contributed by atoms with Crippen molar-refractivity contribution in [3.63, 3.8) is 0 Å². The molecule has 1 saturated heterocycles. The highest BCUT2D eigenvalue weighted by Gasteiger charge is 2.24. The molecule has 24 heavy (non-hydrogen) atoms. The highest BCUT2D eigenvalue weighted by molar-refractivity contribution is 7.92. The first kappa shape index (κ1) is 16.6. The van der Waals surface area contributed by atoms with Crippen LogP contribution in [-0.4, -0.2) is 27.7 Å². The van der Waals surface area contributed by atoms with Crippen molar-refractivity contribution >= 4 is 39.1 Å². The third-order valence-electron chi connectivity index (χ3n) is 3.65. The number of rotatable bonds is 4. The number of amides is 1. The van der Waals surface area contributed by atoms with Crippen LogP contribution in [0.15, 0.2) is 47.4 Å². The molecule has 0 spiro atoms. The van der Waals surface area contributed by atoms with Gasteiger partial charge in [0.05, 0.1) is 17.1 Å². The molecule has 2 aromatic rings. The summed E-state index contributed by atoms with van der Waals surface area (Å²) in [5.41, 5.74) is 1.79. The number of anilines is 2. The highest BCUT2D eigenvalue weighted by atomic mass is 35.5. The molecule has 0 unspecified atom stereocenters. The number of nitrogens with one attached hydrogen (secondary N) is 1. The number of nitrogens with zero attached hydrogens (tertiary/aromatic N) is 1. The first-order valence-corrected chi connectivity index (χ1v) is 9.06. The van der Waals surface area contributed by atoms with Crippen molar-refractivity contribution in [2.45, 2.75) is 11.8 Å². The fourth-order valence-electron chi connectivity index (χ4n) is 2.38. The zero-order valence-corrected chi connectivity index (χ0v) is 14.4. The molecule has 126 valence electrons. The topological polar surface area (TPSA) is 75.7 Å². The van der Waals surface area contributed by atoms with Gasteiger partial charge in [0.1, 0.15) is 6.61 Å². The minimum atomic E-state index is -3.73. The summed E-state index contributed by atoms with van der Waals surface area (Å²) in [5.74, 6) is 0. The molecule has 8 heteroatoms. The van der Waals surface area contributed by atoms with Gasteiger partial charge < -0.3 is 4.74 Å². The predicted molar refractivity (Wildman–Crippen MR) is 92.1 cm³/mol. The lowest BCUT2D eigenvalue weighted by Gasteiger charge is -2.14. The maximum Gasteiger partial charge on any atom is 0.414 e. The van der Waals surface area contributed by atoms with Crippen LogP contribution < -0.4 is 9.62 Å². The molecule has 0 atom stereocenters. The second kappa shape index (κ2) is 6.33. The molecule has 1 N–H and O–H groups in total. The van der Waals surface area contributed by atoms with Gasteiger partial charge in [-0.1, -0.05) is 11.6 Å². The summed E-state index contributed by atoms with van der Waals surface area (Å²) in [7, 11) is -3.73. The molecule has 2 aromatic carbocycles. The molecule has 0 aromatic heterocycles. The number of carbonyl (C=O) groups excluding carboxylic acids is 1. The van der Waals surface area contributed by atoms with Gasteiger partial charge in [-0.3, -0.25) is 9.62 Å². The highest BCUT2D eigenvalue weighted by Crippen LogP contribution is 2.25. The van der Waals surface area contributed by atoms with Gasteiger partial charge >= 0.3 is 6.09 Å². The summed E-state index contributed by atoms with van der Waals surface area (Å²) in [6.07, 6.45) is -0.430. The van der Waals surface area contributed by atoms with Crippen LogP contribution >= 0.6 is 11.6 Å². The number of ether oxygens (including phenoxy) is 1. The van der Waals surface area contributed by atoms with Crippen LogP contribution in [0, 0.1) is 6.92 Å². The van der Waals surface area contributed by atoms with Gasteiger partial charge in [0.15, 0.2) is 0 Å². The summed E-state index contributed by atoms with van der Waals surface area (Å²) in [6, 6.07) is 11.0. The number of hydrogen-bond donors (Lipinski definition) is 1. The molecule has 0 bridgehead atoms. The number of cyclic esters (lactones) is 1. The first-order chi connectivity index (χ1) is 11.4. The summed E-state index contributed by atoms with van der Waals surface area (Å²) < 4.78 is 32.4. The van der Waals surface area contributed by atoms with Crippen LogP contribution in [0.1, 0.15) is 5.56 Å². The molecule has 1 fully saturated rings. The lowest BCUT2D eigenvalue weighted by molar-refractivity contribution is 0.181. The Morgan fingerprint density at radius 3 is 2.46 bits per heavy atom. The number of hydrogen-bond acceptors (Lipinski definition) is 4. The van der Waals surface area contributed by atoms with Crippen LogP contribution in [0.3, 0.4) is 0 Å². The van der Waals surface area contributed by atoms with Crippen LogP contribution in [0.4, 0.5) is 16.2 Å². The van der Waals surface area contributed by atoms with E-state index in [4.69, 9.17) is 16.3 Å². The number of aryl methyl sites for hydroxylation is 1. The predicted octanol–water partition coefficient (Wildman–Crippen LogP) is 3.41. The molecule has 0 aliphatic carbocycles. The van der Waals surface area contributed by atoms with E-state index in [1.54, 1.807) is 37.3 Å². The van der Waals surface area contributed by atoms with Crippen molar-refractivity contribution in [3.05, 3.63) is 53.1 Å². The van der Waals surface area contributed by atoms with E-state index in [0.29, 0.717) is 29.5 Å². The van der Waals surface area contributed by atoms with Gasteiger partial charge in [0.25, 0.3) is 10.0 Å². The minimum Gasteiger partial charge on any atom is -0.447 e. The number of halogens is 1. The molecule has 1 aliphatic heterocycles. The number of sulfonamides is 1. The Bertz CT molecular complexity index is 881. The molecule has 1 heterocycles. The quantitative estimate of drug-likeness (QED) is 0.899. The molecule has 0 saturated carbocycles. The van der Waals surface area contributed by atoms with E-state index >= 15 is 0 Å². The summed E-state index contributed by atoms with van der Waals surface area (Å²) in [4.78, 5) is 13.1. The number of carbonyl (C=O) groups is 1. The molecular weight excluding hydrogens is 352 g/mol. The SMILES string of the molecule is Cc1cc(Cl)ccc1NS(=O)(=O)c1ccc(N2CCOC2=O)cc1. The van der Waals surface area contributed by atoms with Gasteiger partial charge in [-0.2, -0.15) is 0 Å². The van der Waals surface area contributed by atoms with Crippen molar-refractivity contribution in [1.29, 1.82) is 0 Å². The summed E-state index contributed by atoms with van der Waals surface area (Å²) in [5, 5.41) is 0.539. The van der Waals surface area contributed by atoms with E-state index in [2.05, 4.69) is 4.72 Å². The van der Waals surface area contributed by atoms with Crippen LogP contribution in [-0.2, 0) is 14.8 Å². The molecule has 6 nitrogen and oxygen atoms in total. The molecule has 3 rings (SSSR count). The maximum atomic E-state index is 12.5. The zero-order valence-electron chi connectivity index (χ0n) is 12.8. The summed E-state index contributed by atoms with van der Waals surface area (Å²) >= 11 is 5.88. The Kier molecular flexibility index (Phi) is 4.38. The van der Waals surface area contributed by atoms with E-state index < -0.39 is 16.1 Å². The average molecular weight is 367 g/mol. The van der Waals surface area contributed by atoms with Gasteiger partial charge in [-0.25, -0.2) is 13.2 Å². The van der Waals surface area contributed by atoms with Crippen LogP contribution in [0.25, 0.3) is 0 Å². The summed E-state index contributed by atoms with van der Waals surface area (Å²) in [6.45, 7) is 2.55. The van der Waals surface area contributed by atoms with E-state index in [9.17, 15) is 13.2 Å². The molecular formula is C16H15ClN2O4S. The second-order valence-corrected chi connectivity index (χ2v) is 7.44. The Hall–Kier alpha value is -2.25. The lowest BCUT2D eigenvalue weighted by atomic mass is 10.2. The zero-order chi connectivity index (χ0) is 17.3. The Morgan fingerprint density at radius 1 is 1.17 bits per heavy atom. The Labute approximate surface area is 145 Å². The van der Waals surface area contributed by atoms with Crippen molar-refractivity contribution in [2.24, 2.45) is 0 Å². The van der Waals surface area contributed by atoms with E-state index in [1.165, 1.54) is 17.0 Å². The monoisotopic (exact) mass is 366 g/mol. The molecule has 0 radical (unpaired) electrons. The van der Waals surface area contributed by atoms with Gasteiger partial charge in [0.2, 0.25) is 0 Å². The largest absolute Gasteiger partial charge is 0.447 e. The standard InChI is InChI=1S/C16H15ClN2O4S/c1-11-10-12(17)2-7-15(11)18-24(21,22)14-5-3-13(4-6-14)19-8-9-23-16(19)20/h2-7,10,18H,8-9H2,1H3. The van der Waals surface area contributed by atoms with Crippen LogP contribution in [0.2, 0.25) is 5.02 Å². The van der Waals surface area contributed by atoms with Gasteiger partial charge in [-0.05, 0) is 55.0 Å². The second-order valence-electron chi connectivity index (χ2n) is 5.32. The Morgan fingerprint density at radius 2 is 1.88 bits per heavy atom. The van der Waals surface area contributed by atoms with Gasteiger partial charge in [0, 0.05) is 10.7 Å². The minimum absolute atomic E-state index is 0.105. The molecule has 1 amide bonds. The van der Waals surface area contributed by atoms with Crippen molar-refractivity contribution < 1.29 is 17.9 Å². The fraction of sp³-hybridized carbons (Fsp3) is 0.188. The third-order valence-corrected chi connectivity index (χ3v) is 5.27. The van der Waals surface area contributed by atoms with Crippen molar-refractivity contribution in [1.82, 2.24) is 0 Å². The first-order valence-electron chi connectivity index (χ1n) is 7.20. The Balaban J connectivity index is 1.83. The smallest absolute Gasteiger partial charge is 0.414 e. The van der Waals surface area contributed by atoms with Crippen LogP contribution in [0.5, 0.6) is 0 Å². The fourth-order valence-corrected chi connectivity index (χ4v) is 3.74. The van der Waals surface area contributed by atoms with E-state index in [-0.39, 0.29) is 4.90 Å². The van der Waals surface area contributed by atoms with E-state index in [1.807, 2.05) is 0 Å².